The van der Waals surface area contributed by atoms with Gasteiger partial charge in [-0.3, -0.25) is 0 Å². The summed E-state index contributed by atoms with van der Waals surface area (Å²) >= 11 is 0. The van der Waals surface area contributed by atoms with E-state index < -0.39 is 0 Å². The van der Waals surface area contributed by atoms with Gasteiger partial charge in [0.25, 0.3) is 0 Å². The number of fused-ring (bicyclic) bond motifs is 2. The number of rotatable bonds is 3. The van der Waals surface area contributed by atoms with Crippen molar-refractivity contribution >= 4 is 22.3 Å². The van der Waals surface area contributed by atoms with Gasteiger partial charge in [-0.25, -0.2) is 19.3 Å². The van der Waals surface area contributed by atoms with Crippen LogP contribution >= 0.6 is 0 Å². The second-order valence-electron chi connectivity index (χ2n) is 6.52. The van der Waals surface area contributed by atoms with Crippen molar-refractivity contribution in [2.45, 2.75) is 25.5 Å². The zero-order valence-electron chi connectivity index (χ0n) is 14.1. The fourth-order valence-corrected chi connectivity index (χ4v) is 3.51. The molecule has 0 amide bonds. The van der Waals surface area contributed by atoms with Gasteiger partial charge in [-0.05, 0) is 37.1 Å². The first kappa shape index (κ1) is 15.4. The molecule has 0 N–H and O–H groups in total. The first-order chi connectivity index (χ1) is 12.8. The van der Waals surface area contributed by atoms with Crippen LogP contribution in [-0.4, -0.2) is 32.2 Å². The van der Waals surface area contributed by atoms with Gasteiger partial charge < -0.3 is 9.30 Å². The summed E-state index contributed by atoms with van der Waals surface area (Å²) in [7, 11) is 0. The Kier molecular flexibility index (Phi) is 3.64. The molecule has 130 valence electrons. The highest BCUT2D eigenvalue weighted by atomic mass is 19.1. The predicted octanol–water partition coefficient (Wildman–Crippen LogP) is 3.96. The number of ether oxygens (including phenoxy) is 1. The highest BCUT2D eigenvalue weighted by Crippen LogP contribution is 2.28. The Morgan fingerprint density at radius 3 is 2.54 bits per heavy atom. The summed E-state index contributed by atoms with van der Waals surface area (Å²) in [6.45, 7) is 1.36. The predicted molar refractivity (Wildman–Crippen MR) is 97.2 cm³/mol. The normalized spacial score (nSPS) is 17.3. The summed E-state index contributed by atoms with van der Waals surface area (Å²) in [4.78, 5) is 14.0. The van der Waals surface area contributed by atoms with Crippen LogP contribution < -0.4 is 0 Å². The van der Waals surface area contributed by atoms with Crippen LogP contribution in [0.5, 0.6) is 0 Å². The molecule has 0 radical (unpaired) electrons. The van der Waals surface area contributed by atoms with Gasteiger partial charge in [-0.1, -0.05) is 24.3 Å². The van der Waals surface area contributed by atoms with Crippen molar-refractivity contribution in [3.63, 3.8) is 0 Å². The van der Waals surface area contributed by atoms with E-state index in [0.717, 1.165) is 30.5 Å². The third-order valence-corrected chi connectivity index (χ3v) is 4.78. The van der Waals surface area contributed by atoms with E-state index in [-0.39, 0.29) is 11.9 Å². The molecule has 1 fully saturated rings. The molecule has 6 heteroatoms. The van der Waals surface area contributed by atoms with Crippen LogP contribution in [0.15, 0.2) is 48.5 Å². The van der Waals surface area contributed by atoms with Crippen LogP contribution in [0.25, 0.3) is 33.7 Å². The van der Waals surface area contributed by atoms with Gasteiger partial charge in [0.15, 0.2) is 11.3 Å². The summed E-state index contributed by atoms with van der Waals surface area (Å²) in [6, 6.07) is 14.4. The van der Waals surface area contributed by atoms with E-state index in [1.54, 1.807) is 12.1 Å². The number of nitrogens with zero attached hydrogens (tertiary/aromatic N) is 4. The van der Waals surface area contributed by atoms with E-state index in [1.165, 1.54) is 6.07 Å². The first-order valence-corrected chi connectivity index (χ1v) is 8.79. The third kappa shape index (κ3) is 2.54. The molecule has 5 nitrogen and oxygen atoms in total. The average Bonchev–Trinajstić information content (AvgIpc) is 3.29. The molecule has 2 aromatic carbocycles. The van der Waals surface area contributed by atoms with E-state index in [1.807, 2.05) is 34.9 Å². The van der Waals surface area contributed by atoms with Crippen molar-refractivity contribution < 1.29 is 9.13 Å². The van der Waals surface area contributed by atoms with Crippen molar-refractivity contribution in [3.05, 3.63) is 54.3 Å². The lowest BCUT2D eigenvalue weighted by Gasteiger charge is -2.14. The molecule has 2 aromatic heterocycles. The number of hydrogen-bond acceptors (Lipinski definition) is 4. The van der Waals surface area contributed by atoms with Gasteiger partial charge in [-0.15, -0.1) is 0 Å². The molecule has 3 heterocycles. The largest absolute Gasteiger partial charge is 0.376 e. The molecule has 1 aliphatic rings. The number of benzene rings is 2. The monoisotopic (exact) mass is 348 g/mol. The fourth-order valence-electron chi connectivity index (χ4n) is 3.51. The molecule has 0 spiro atoms. The zero-order valence-corrected chi connectivity index (χ0v) is 14.1. The fraction of sp³-hybridized carbons (Fsp3) is 0.250. The molecule has 0 saturated carbocycles. The second kappa shape index (κ2) is 6.14. The van der Waals surface area contributed by atoms with Crippen LogP contribution in [0, 0.1) is 5.82 Å². The minimum atomic E-state index is -0.305. The van der Waals surface area contributed by atoms with E-state index in [4.69, 9.17) is 9.72 Å². The van der Waals surface area contributed by atoms with Gasteiger partial charge >= 0.3 is 0 Å². The summed E-state index contributed by atoms with van der Waals surface area (Å²) in [5.74, 6) is 0.241. The highest BCUT2D eigenvalue weighted by Gasteiger charge is 2.23. The van der Waals surface area contributed by atoms with Crippen LogP contribution in [0.4, 0.5) is 4.39 Å². The lowest BCUT2D eigenvalue weighted by atomic mass is 10.2. The first-order valence-electron chi connectivity index (χ1n) is 8.79. The molecule has 1 atom stereocenters. The van der Waals surface area contributed by atoms with Crippen molar-refractivity contribution in [2.24, 2.45) is 0 Å². The number of imidazole rings is 1. The van der Waals surface area contributed by atoms with E-state index in [9.17, 15) is 4.39 Å². The van der Waals surface area contributed by atoms with Crippen molar-refractivity contribution in [2.75, 3.05) is 6.61 Å². The number of hydrogen-bond donors (Lipinski definition) is 0. The number of aromatic nitrogens is 4. The van der Waals surface area contributed by atoms with Crippen molar-refractivity contribution in [1.82, 2.24) is 19.5 Å². The van der Waals surface area contributed by atoms with Crippen LogP contribution in [0.1, 0.15) is 12.8 Å². The second-order valence-corrected chi connectivity index (χ2v) is 6.52. The maximum atomic E-state index is 14.5. The Balaban J connectivity index is 1.76. The lowest BCUT2D eigenvalue weighted by molar-refractivity contribution is 0.0981. The molecule has 0 aliphatic carbocycles. The van der Waals surface area contributed by atoms with Gasteiger partial charge in [0.1, 0.15) is 11.6 Å². The molecular weight excluding hydrogens is 331 g/mol. The van der Waals surface area contributed by atoms with Crippen LogP contribution in [0.3, 0.4) is 0 Å². The minimum absolute atomic E-state index is 0.0891. The summed E-state index contributed by atoms with van der Waals surface area (Å²) < 4.78 is 22.2. The molecule has 1 saturated heterocycles. The van der Waals surface area contributed by atoms with Gasteiger partial charge in [0.2, 0.25) is 0 Å². The highest BCUT2D eigenvalue weighted by molar-refractivity contribution is 5.84. The number of halogens is 1. The van der Waals surface area contributed by atoms with Crippen LogP contribution in [0.2, 0.25) is 0 Å². The zero-order chi connectivity index (χ0) is 17.5. The average molecular weight is 348 g/mol. The Morgan fingerprint density at radius 1 is 1.00 bits per heavy atom. The third-order valence-electron chi connectivity index (χ3n) is 4.78. The molecule has 0 unspecified atom stereocenters. The maximum absolute atomic E-state index is 14.5. The summed E-state index contributed by atoms with van der Waals surface area (Å²) in [6.07, 6.45) is 2.12. The molecule has 5 rings (SSSR count). The van der Waals surface area contributed by atoms with Crippen molar-refractivity contribution in [1.29, 1.82) is 0 Å². The lowest BCUT2D eigenvalue weighted by Crippen LogP contribution is -2.16. The van der Waals surface area contributed by atoms with E-state index in [2.05, 4.69) is 9.97 Å². The molecule has 4 aromatic rings. The topological polar surface area (TPSA) is 52.8 Å². The van der Waals surface area contributed by atoms with Crippen molar-refractivity contribution in [3.8, 4) is 11.4 Å². The van der Waals surface area contributed by atoms with Gasteiger partial charge in [-0.2, -0.15) is 0 Å². The minimum Gasteiger partial charge on any atom is -0.376 e. The Hall–Kier alpha value is -2.86. The smallest absolute Gasteiger partial charge is 0.198 e. The molecule has 1 aliphatic heterocycles. The Bertz CT molecular complexity index is 1100. The summed E-state index contributed by atoms with van der Waals surface area (Å²) in [5, 5.41) is 0. The quantitative estimate of drug-likeness (QED) is 0.562. The maximum Gasteiger partial charge on any atom is 0.198 e. The molecule has 26 heavy (non-hydrogen) atoms. The summed E-state index contributed by atoms with van der Waals surface area (Å²) in [5.41, 5.74) is 3.22. The van der Waals surface area contributed by atoms with E-state index >= 15 is 0 Å². The van der Waals surface area contributed by atoms with E-state index in [0.29, 0.717) is 29.2 Å². The Morgan fingerprint density at radius 2 is 1.77 bits per heavy atom. The van der Waals surface area contributed by atoms with Gasteiger partial charge in [0.05, 0.1) is 29.2 Å². The van der Waals surface area contributed by atoms with Crippen LogP contribution in [-0.2, 0) is 11.3 Å². The molecule has 0 bridgehead atoms. The van der Waals surface area contributed by atoms with Gasteiger partial charge in [0, 0.05) is 6.61 Å². The Labute approximate surface area is 149 Å². The SMILES string of the molecule is Fc1ccccc1-c1nc2nc3ccccc3nc2n1C[C@H]1CCCO1. The number of para-hydroxylation sites is 2. The standard InChI is InChI=1S/C20H17FN4O/c21-15-8-2-1-7-14(15)19-24-18-20(25(19)12-13-6-5-11-26-13)23-17-10-4-3-9-16(17)22-18/h1-4,7-10,13H,5-6,11-12H2/t13-/m1/s1. The molecular formula is C20H17FN4O.